The SMILES string of the molecule is Cc1ccc(CC(=O)N2CCC(C)C2C(=O)O)cc1C. The molecule has 0 aromatic heterocycles. The molecule has 1 aromatic carbocycles. The summed E-state index contributed by atoms with van der Waals surface area (Å²) < 4.78 is 0. The number of carboxylic acid groups (broad SMARTS) is 1. The van der Waals surface area contributed by atoms with Gasteiger partial charge in [-0.3, -0.25) is 4.79 Å². The Labute approximate surface area is 119 Å². The Morgan fingerprint density at radius 2 is 2.00 bits per heavy atom. The van der Waals surface area contributed by atoms with Crippen LogP contribution in [-0.4, -0.2) is 34.5 Å². The number of rotatable bonds is 3. The maximum atomic E-state index is 12.3. The number of carboxylic acids is 1. The summed E-state index contributed by atoms with van der Waals surface area (Å²) in [4.78, 5) is 25.1. The zero-order chi connectivity index (χ0) is 14.9. The third-order valence-corrected chi connectivity index (χ3v) is 4.20. The van der Waals surface area contributed by atoms with E-state index in [9.17, 15) is 14.7 Å². The van der Waals surface area contributed by atoms with Gasteiger partial charge in [-0.15, -0.1) is 0 Å². The van der Waals surface area contributed by atoms with Crippen LogP contribution >= 0.6 is 0 Å². The van der Waals surface area contributed by atoms with Crippen molar-refractivity contribution in [2.75, 3.05) is 6.54 Å². The monoisotopic (exact) mass is 275 g/mol. The first kappa shape index (κ1) is 14.6. The van der Waals surface area contributed by atoms with Crippen LogP contribution in [0.2, 0.25) is 0 Å². The number of likely N-dealkylation sites (tertiary alicyclic amines) is 1. The smallest absolute Gasteiger partial charge is 0.326 e. The van der Waals surface area contributed by atoms with E-state index in [-0.39, 0.29) is 18.2 Å². The number of benzene rings is 1. The molecule has 1 aliphatic heterocycles. The minimum atomic E-state index is -0.900. The molecule has 2 atom stereocenters. The maximum absolute atomic E-state index is 12.3. The van der Waals surface area contributed by atoms with Crippen LogP contribution in [0.5, 0.6) is 0 Å². The molecule has 1 aliphatic rings. The van der Waals surface area contributed by atoms with Crippen molar-refractivity contribution in [2.24, 2.45) is 5.92 Å². The summed E-state index contributed by atoms with van der Waals surface area (Å²) in [7, 11) is 0. The zero-order valence-electron chi connectivity index (χ0n) is 12.2. The third kappa shape index (κ3) is 2.84. The second-order valence-electron chi connectivity index (χ2n) is 5.73. The molecular formula is C16H21NO3. The van der Waals surface area contributed by atoms with Crippen molar-refractivity contribution in [1.29, 1.82) is 0 Å². The van der Waals surface area contributed by atoms with Gasteiger partial charge in [-0.05, 0) is 42.9 Å². The lowest BCUT2D eigenvalue weighted by Gasteiger charge is -2.23. The summed E-state index contributed by atoms with van der Waals surface area (Å²) in [6.45, 7) is 6.48. The van der Waals surface area contributed by atoms with E-state index in [1.165, 1.54) is 10.5 Å². The number of carbonyl (C=O) groups excluding carboxylic acids is 1. The predicted molar refractivity (Wildman–Crippen MR) is 76.5 cm³/mol. The quantitative estimate of drug-likeness (QED) is 0.919. The molecule has 4 heteroatoms. The van der Waals surface area contributed by atoms with Crippen LogP contribution in [0.4, 0.5) is 0 Å². The van der Waals surface area contributed by atoms with Crippen LogP contribution in [0.1, 0.15) is 30.0 Å². The summed E-state index contributed by atoms with van der Waals surface area (Å²) in [6, 6.07) is 5.27. The standard InChI is InChI=1S/C16H21NO3/c1-10-4-5-13(8-12(10)3)9-14(18)17-7-6-11(2)15(17)16(19)20/h4-5,8,11,15H,6-7,9H2,1-3H3,(H,19,20). The van der Waals surface area contributed by atoms with Crippen molar-refractivity contribution in [2.45, 2.75) is 39.7 Å². The number of hydrogen-bond donors (Lipinski definition) is 1. The summed E-state index contributed by atoms with van der Waals surface area (Å²) in [5, 5.41) is 9.26. The Kier molecular flexibility index (Phi) is 4.12. The topological polar surface area (TPSA) is 57.6 Å². The van der Waals surface area contributed by atoms with E-state index in [4.69, 9.17) is 0 Å². The molecule has 108 valence electrons. The van der Waals surface area contributed by atoms with Crippen LogP contribution in [0.15, 0.2) is 18.2 Å². The van der Waals surface area contributed by atoms with E-state index in [1.54, 1.807) is 0 Å². The Morgan fingerprint density at radius 1 is 1.30 bits per heavy atom. The molecule has 1 saturated heterocycles. The van der Waals surface area contributed by atoms with Gasteiger partial charge in [-0.1, -0.05) is 25.1 Å². The second kappa shape index (κ2) is 5.65. The molecule has 0 bridgehead atoms. The van der Waals surface area contributed by atoms with Gasteiger partial charge in [0.15, 0.2) is 0 Å². The number of carbonyl (C=O) groups is 2. The Morgan fingerprint density at radius 3 is 2.60 bits per heavy atom. The number of aliphatic carboxylic acids is 1. The van der Waals surface area contributed by atoms with Gasteiger partial charge >= 0.3 is 5.97 Å². The highest BCUT2D eigenvalue weighted by Crippen LogP contribution is 2.25. The molecular weight excluding hydrogens is 254 g/mol. The van der Waals surface area contributed by atoms with E-state index >= 15 is 0 Å². The second-order valence-corrected chi connectivity index (χ2v) is 5.73. The fourth-order valence-corrected chi connectivity index (χ4v) is 2.79. The Balaban J connectivity index is 2.11. The highest BCUT2D eigenvalue weighted by molar-refractivity contribution is 5.85. The molecule has 1 amide bonds. The van der Waals surface area contributed by atoms with Gasteiger partial charge in [0.05, 0.1) is 6.42 Å². The number of amides is 1. The molecule has 0 saturated carbocycles. The van der Waals surface area contributed by atoms with Crippen LogP contribution in [0.3, 0.4) is 0 Å². The van der Waals surface area contributed by atoms with Crippen molar-refractivity contribution in [3.63, 3.8) is 0 Å². The molecule has 0 aliphatic carbocycles. The van der Waals surface area contributed by atoms with Crippen molar-refractivity contribution in [3.05, 3.63) is 34.9 Å². The lowest BCUT2D eigenvalue weighted by atomic mass is 10.0. The fourth-order valence-electron chi connectivity index (χ4n) is 2.79. The summed E-state index contributed by atoms with van der Waals surface area (Å²) >= 11 is 0. The van der Waals surface area contributed by atoms with Crippen LogP contribution in [0.25, 0.3) is 0 Å². The summed E-state index contributed by atoms with van der Waals surface area (Å²) in [5.74, 6) is -0.968. The molecule has 1 fully saturated rings. The molecule has 1 heterocycles. The van der Waals surface area contributed by atoms with Gasteiger partial charge < -0.3 is 10.0 Å². The van der Waals surface area contributed by atoms with E-state index in [1.807, 2.05) is 39.0 Å². The molecule has 2 rings (SSSR count). The Hall–Kier alpha value is -1.84. The fraction of sp³-hybridized carbons (Fsp3) is 0.500. The predicted octanol–water partition coefficient (Wildman–Crippen LogP) is 2.17. The molecule has 1 N–H and O–H groups in total. The lowest BCUT2D eigenvalue weighted by Crippen LogP contribution is -2.43. The number of aryl methyl sites for hydroxylation is 2. The van der Waals surface area contributed by atoms with Crippen molar-refractivity contribution >= 4 is 11.9 Å². The molecule has 20 heavy (non-hydrogen) atoms. The number of nitrogens with zero attached hydrogens (tertiary/aromatic N) is 1. The van der Waals surface area contributed by atoms with Crippen molar-refractivity contribution in [3.8, 4) is 0 Å². The lowest BCUT2D eigenvalue weighted by molar-refractivity contribution is -0.149. The first-order valence-electron chi connectivity index (χ1n) is 6.98. The molecule has 2 unspecified atom stereocenters. The highest BCUT2D eigenvalue weighted by atomic mass is 16.4. The van der Waals surface area contributed by atoms with Gasteiger partial charge in [0.2, 0.25) is 5.91 Å². The molecule has 0 spiro atoms. The minimum absolute atomic E-state index is 0.0243. The molecule has 1 aromatic rings. The normalized spacial score (nSPS) is 22.1. The van der Waals surface area contributed by atoms with Crippen molar-refractivity contribution in [1.82, 2.24) is 4.90 Å². The average molecular weight is 275 g/mol. The summed E-state index contributed by atoms with van der Waals surface area (Å²) in [5.41, 5.74) is 3.29. The number of hydrogen-bond acceptors (Lipinski definition) is 2. The van der Waals surface area contributed by atoms with Gasteiger partial charge in [0.1, 0.15) is 6.04 Å². The van der Waals surface area contributed by atoms with Crippen LogP contribution in [-0.2, 0) is 16.0 Å². The highest BCUT2D eigenvalue weighted by Gasteiger charge is 2.39. The van der Waals surface area contributed by atoms with Crippen molar-refractivity contribution < 1.29 is 14.7 Å². The maximum Gasteiger partial charge on any atom is 0.326 e. The van der Waals surface area contributed by atoms with E-state index in [2.05, 4.69) is 0 Å². The minimum Gasteiger partial charge on any atom is -0.480 e. The largest absolute Gasteiger partial charge is 0.480 e. The zero-order valence-corrected chi connectivity index (χ0v) is 12.2. The van der Waals surface area contributed by atoms with E-state index in [0.29, 0.717) is 6.54 Å². The summed E-state index contributed by atoms with van der Waals surface area (Å²) in [6.07, 6.45) is 1.03. The van der Waals surface area contributed by atoms with Gasteiger partial charge in [-0.2, -0.15) is 0 Å². The van der Waals surface area contributed by atoms with Gasteiger partial charge in [0, 0.05) is 6.54 Å². The van der Waals surface area contributed by atoms with E-state index < -0.39 is 12.0 Å². The average Bonchev–Trinajstić information content (AvgIpc) is 2.76. The van der Waals surface area contributed by atoms with Crippen LogP contribution in [0, 0.1) is 19.8 Å². The van der Waals surface area contributed by atoms with Gasteiger partial charge in [0.25, 0.3) is 0 Å². The third-order valence-electron chi connectivity index (χ3n) is 4.20. The van der Waals surface area contributed by atoms with Crippen LogP contribution < -0.4 is 0 Å². The molecule has 0 radical (unpaired) electrons. The van der Waals surface area contributed by atoms with Gasteiger partial charge in [-0.25, -0.2) is 4.79 Å². The van der Waals surface area contributed by atoms with E-state index in [0.717, 1.165) is 17.5 Å². The Bertz CT molecular complexity index is 539. The molecule has 4 nitrogen and oxygen atoms in total. The first-order chi connectivity index (χ1) is 9.40. The first-order valence-corrected chi connectivity index (χ1v) is 6.98.